The van der Waals surface area contributed by atoms with Crippen molar-refractivity contribution in [3.8, 4) is 0 Å². The molecule has 1 rings (SSSR count). The fraction of sp³-hybridized carbons (Fsp3) is 0.733. The Morgan fingerprint density at radius 1 is 0.588 bits per heavy atom. The first-order chi connectivity index (χ1) is 16.4. The molecule has 0 fully saturated rings. The van der Waals surface area contributed by atoms with Gasteiger partial charge >= 0.3 is 11.9 Å². The molecule has 0 radical (unpaired) electrons. The first-order valence-corrected chi connectivity index (χ1v) is 13.8. The van der Waals surface area contributed by atoms with Crippen LogP contribution in [-0.4, -0.2) is 25.2 Å². The number of unbranched alkanes of at least 4 members (excludes halogenated alkanes) is 12. The predicted octanol–water partition coefficient (Wildman–Crippen LogP) is 8.77. The van der Waals surface area contributed by atoms with Crippen molar-refractivity contribution >= 4 is 11.9 Å². The fourth-order valence-electron chi connectivity index (χ4n) is 4.00. The maximum Gasteiger partial charge on any atom is 0.339 e. The van der Waals surface area contributed by atoms with Gasteiger partial charge in [0, 0.05) is 0 Å². The number of carbonyl (C=O) groups is 2. The Balaban J connectivity index is 2.03. The molecule has 194 valence electrons. The molecule has 1 aromatic rings. The lowest BCUT2D eigenvalue weighted by Crippen LogP contribution is -2.16. The van der Waals surface area contributed by atoms with E-state index in [9.17, 15) is 9.59 Å². The van der Waals surface area contributed by atoms with Crippen LogP contribution < -0.4 is 0 Å². The number of ether oxygens (including phenoxy) is 2. The largest absolute Gasteiger partial charge is 0.462 e. The summed E-state index contributed by atoms with van der Waals surface area (Å²) in [5.74, 6) is 0.182. The van der Waals surface area contributed by atoms with E-state index in [1.165, 1.54) is 77.0 Å². The van der Waals surface area contributed by atoms with Gasteiger partial charge in [-0.1, -0.05) is 123 Å². The molecular weight excluding hydrogens is 424 g/mol. The van der Waals surface area contributed by atoms with Crippen LogP contribution in [0.2, 0.25) is 0 Å². The minimum atomic E-state index is -0.470. The van der Waals surface area contributed by atoms with E-state index in [2.05, 4.69) is 13.8 Å². The average molecular weight is 475 g/mol. The lowest BCUT2D eigenvalue weighted by atomic mass is 10.0. The van der Waals surface area contributed by atoms with Crippen molar-refractivity contribution < 1.29 is 19.1 Å². The SMILES string of the molecule is CC(C)CCCCCCCCCCCCCCCOC(=O)c1ccccc1C(=O)OCC(C)C. The number of rotatable bonds is 20. The smallest absolute Gasteiger partial charge is 0.339 e. The van der Waals surface area contributed by atoms with Crippen molar-refractivity contribution in [2.24, 2.45) is 11.8 Å². The summed E-state index contributed by atoms with van der Waals surface area (Å²) in [6, 6.07) is 6.72. The molecule has 0 aliphatic carbocycles. The maximum absolute atomic E-state index is 12.4. The van der Waals surface area contributed by atoms with Crippen molar-refractivity contribution in [3.63, 3.8) is 0 Å². The van der Waals surface area contributed by atoms with Crippen molar-refractivity contribution in [2.45, 2.75) is 118 Å². The van der Waals surface area contributed by atoms with Gasteiger partial charge < -0.3 is 9.47 Å². The molecule has 0 atom stereocenters. The van der Waals surface area contributed by atoms with Gasteiger partial charge in [0.25, 0.3) is 0 Å². The molecule has 0 aliphatic heterocycles. The van der Waals surface area contributed by atoms with E-state index in [-0.39, 0.29) is 17.0 Å². The molecule has 0 heterocycles. The van der Waals surface area contributed by atoms with Gasteiger partial charge in [-0.2, -0.15) is 0 Å². The quantitative estimate of drug-likeness (QED) is 0.140. The molecule has 1 aromatic carbocycles. The number of hydrogen-bond donors (Lipinski definition) is 0. The summed E-state index contributed by atoms with van der Waals surface area (Å²) in [7, 11) is 0. The minimum Gasteiger partial charge on any atom is -0.462 e. The Hall–Kier alpha value is -1.84. The summed E-state index contributed by atoms with van der Waals surface area (Å²) < 4.78 is 10.7. The number of hydrogen-bond acceptors (Lipinski definition) is 4. The van der Waals surface area contributed by atoms with Gasteiger partial charge in [0.2, 0.25) is 0 Å². The summed E-state index contributed by atoms with van der Waals surface area (Å²) in [5.41, 5.74) is 0.561. The minimum absolute atomic E-state index is 0.248. The van der Waals surface area contributed by atoms with Crippen LogP contribution in [0.4, 0.5) is 0 Å². The zero-order valence-corrected chi connectivity index (χ0v) is 22.4. The molecular formula is C30H50O4. The topological polar surface area (TPSA) is 52.6 Å². The Morgan fingerprint density at radius 3 is 1.44 bits per heavy atom. The van der Waals surface area contributed by atoms with E-state index in [0.717, 1.165) is 18.8 Å². The molecule has 0 saturated heterocycles. The third-order valence-corrected chi connectivity index (χ3v) is 6.07. The molecule has 0 aliphatic rings. The second kappa shape index (κ2) is 19.5. The van der Waals surface area contributed by atoms with Crippen LogP contribution in [0.5, 0.6) is 0 Å². The summed E-state index contributed by atoms with van der Waals surface area (Å²) in [4.78, 5) is 24.7. The molecule has 34 heavy (non-hydrogen) atoms. The van der Waals surface area contributed by atoms with Crippen molar-refractivity contribution in [1.29, 1.82) is 0 Å². The normalized spacial score (nSPS) is 11.2. The van der Waals surface area contributed by atoms with Gasteiger partial charge in [0.15, 0.2) is 0 Å². The van der Waals surface area contributed by atoms with E-state index in [0.29, 0.717) is 13.2 Å². The van der Waals surface area contributed by atoms with Gasteiger partial charge in [-0.3, -0.25) is 0 Å². The molecule has 0 spiro atoms. The van der Waals surface area contributed by atoms with Gasteiger partial charge in [0.05, 0.1) is 24.3 Å². The monoisotopic (exact) mass is 474 g/mol. The van der Waals surface area contributed by atoms with Crippen LogP contribution in [0, 0.1) is 11.8 Å². The lowest BCUT2D eigenvalue weighted by Gasteiger charge is -2.11. The molecule has 0 aromatic heterocycles. The Bertz CT molecular complexity index is 666. The summed E-state index contributed by atoms with van der Waals surface area (Å²) in [6.45, 7) is 9.31. The Kier molecular flexibility index (Phi) is 17.3. The molecule has 0 N–H and O–H groups in total. The van der Waals surface area contributed by atoms with Crippen molar-refractivity contribution in [3.05, 3.63) is 35.4 Å². The molecule has 0 bridgehead atoms. The van der Waals surface area contributed by atoms with E-state index < -0.39 is 11.9 Å². The van der Waals surface area contributed by atoms with Crippen LogP contribution >= 0.6 is 0 Å². The molecule has 4 nitrogen and oxygen atoms in total. The van der Waals surface area contributed by atoms with Crippen molar-refractivity contribution in [1.82, 2.24) is 0 Å². The number of carbonyl (C=O) groups excluding carboxylic acids is 2. The van der Waals surface area contributed by atoms with Crippen LogP contribution in [0.25, 0.3) is 0 Å². The summed E-state index contributed by atoms with van der Waals surface area (Å²) >= 11 is 0. The molecule has 0 amide bonds. The number of benzene rings is 1. The first-order valence-electron chi connectivity index (χ1n) is 13.8. The van der Waals surface area contributed by atoms with Gasteiger partial charge in [-0.05, 0) is 30.4 Å². The third kappa shape index (κ3) is 15.1. The standard InChI is InChI=1S/C30H50O4/c1-25(2)20-16-14-12-10-8-6-5-7-9-11-13-15-19-23-33-29(31)27-21-17-18-22-28(27)30(32)34-24-26(3)4/h17-18,21-22,25-26H,5-16,19-20,23-24H2,1-4H3. The van der Waals surface area contributed by atoms with E-state index in [4.69, 9.17) is 9.47 Å². The van der Waals surface area contributed by atoms with Crippen LogP contribution in [0.1, 0.15) is 138 Å². The highest BCUT2D eigenvalue weighted by Crippen LogP contribution is 2.15. The third-order valence-electron chi connectivity index (χ3n) is 6.07. The second-order valence-corrected chi connectivity index (χ2v) is 10.5. The number of esters is 2. The summed E-state index contributed by atoms with van der Waals surface area (Å²) in [6.07, 6.45) is 18.2. The van der Waals surface area contributed by atoms with Crippen LogP contribution in [-0.2, 0) is 9.47 Å². The van der Waals surface area contributed by atoms with Crippen molar-refractivity contribution in [2.75, 3.05) is 13.2 Å². The van der Waals surface area contributed by atoms with E-state index >= 15 is 0 Å². The van der Waals surface area contributed by atoms with Gasteiger partial charge in [0.1, 0.15) is 0 Å². The summed E-state index contributed by atoms with van der Waals surface area (Å²) in [5, 5.41) is 0. The maximum atomic E-state index is 12.4. The Morgan fingerprint density at radius 2 is 1.00 bits per heavy atom. The molecule has 0 unspecified atom stereocenters. The highest BCUT2D eigenvalue weighted by Gasteiger charge is 2.19. The highest BCUT2D eigenvalue weighted by molar-refractivity contribution is 6.03. The zero-order chi connectivity index (χ0) is 25.0. The first kappa shape index (κ1) is 30.2. The van der Waals surface area contributed by atoms with Gasteiger partial charge in [-0.15, -0.1) is 0 Å². The fourth-order valence-corrected chi connectivity index (χ4v) is 4.00. The van der Waals surface area contributed by atoms with E-state index in [1.54, 1.807) is 24.3 Å². The molecule has 4 heteroatoms. The van der Waals surface area contributed by atoms with E-state index in [1.807, 2.05) is 13.8 Å². The Labute approximate surface area is 209 Å². The average Bonchev–Trinajstić information content (AvgIpc) is 2.81. The lowest BCUT2D eigenvalue weighted by molar-refractivity contribution is 0.0427. The zero-order valence-electron chi connectivity index (χ0n) is 22.4. The van der Waals surface area contributed by atoms with Gasteiger partial charge in [-0.25, -0.2) is 9.59 Å². The predicted molar refractivity (Wildman–Crippen MR) is 141 cm³/mol. The second-order valence-electron chi connectivity index (χ2n) is 10.5. The van der Waals surface area contributed by atoms with Crippen LogP contribution in [0.3, 0.4) is 0 Å². The van der Waals surface area contributed by atoms with Crippen LogP contribution in [0.15, 0.2) is 24.3 Å². The highest BCUT2D eigenvalue weighted by atomic mass is 16.5. The molecule has 0 saturated carbocycles.